The minimum absolute atomic E-state index is 0.00369. The zero-order chi connectivity index (χ0) is 23.8. The SMILES string of the molecule is COc1cc(C2SCC(=O)N2C(=S)n2c(-c3ccccc3)nc3ccccc3c2=O)ccc1O. The first-order valence-corrected chi connectivity index (χ1v) is 11.9. The van der Waals surface area contributed by atoms with E-state index in [-0.39, 0.29) is 33.8 Å². The molecule has 2 heterocycles. The molecule has 34 heavy (non-hydrogen) atoms. The largest absolute Gasteiger partial charge is 0.504 e. The van der Waals surface area contributed by atoms with E-state index in [0.29, 0.717) is 22.3 Å². The van der Waals surface area contributed by atoms with Gasteiger partial charge in [0, 0.05) is 5.56 Å². The Labute approximate surface area is 204 Å². The minimum Gasteiger partial charge on any atom is -0.504 e. The molecule has 1 aliphatic rings. The average molecular weight is 490 g/mol. The van der Waals surface area contributed by atoms with E-state index in [1.165, 1.54) is 34.4 Å². The van der Waals surface area contributed by atoms with Gasteiger partial charge in [0.1, 0.15) is 11.2 Å². The molecule has 170 valence electrons. The highest BCUT2D eigenvalue weighted by atomic mass is 32.2. The number of ether oxygens (including phenoxy) is 1. The van der Waals surface area contributed by atoms with E-state index >= 15 is 0 Å². The van der Waals surface area contributed by atoms with Gasteiger partial charge in [0.05, 0.1) is 23.8 Å². The molecule has 0 aliphatic carbocycles. The summed E-state index contributed by atoms with van der Waals surface area (Å²) in [6, 6.07) is 21.2. The van der Waals surface area contributed by atoms with E-state index < -0.39 is 5.37 Å². The van der Waals surface area contributed by atoms with E-state index in [2.05, 4.69) is 0 Å². The molecule has 1 atom stereocenters. The first-order valence-electron chi connectivity index (χ1n) is 10.4. The van der Waals surface area contributed by atoms with Gasteiger partial charge >= 0.3 is 0 Å². The third-order valence-electron chi connectivity index (χ3n) is 5.56. The Kier molecular flexibility index (Phi) is 5.80. The Hall–Kier alpha value is -3.69. The number of aromatic nitrogens is 2. The number of thiocarbonyl (C=S) groups is 1. The van der Waals surface area contributed by atoms with Crippen molar-refractivity contribution in [2.24, 2.45) is 0 Å². The van der Waals surface area contributed by atoms with Gasteiger partial charge in [-0.15, -0.1) is 11.8 Å². The molecule has 1 unspecified atom stereocenters. The van der Waals surface area contributed by atoms with Crippen LogP contribution in [0.1, 0.15) is 10.9 Å². The van der Waals surface area contributed by atoms with Crippen LogP contribution in [0.5, 0.6) is 11.5 Å². The number of phenolic OH excluding ortho intramolecular Hbond substituents is 1. The molecular formula is C25H19N3O4S2. The molecule has 0 saturated carbocycles. The summed E-state index contributed by atoms with van der Waals surface area (Å²) >= 11 is 7.18. The molecule has 5 rings (SSSR count). The normalized spacial score (nSPS) is 15.6. The molecule has 0 bridgehead atoms. The number of phenols is 1. The summed E-state index contributed by atoms with van der Waals surface area (Å²) in [6.45, 7) is 0. The number of carbonyl (C=O) groups excluding carboxylic acids is 1. The van der Waals surface area contributed by atoms with Crippen molar-refractivity contribution in [3.8, 4) is 22.9 Å². The summed E-state index contributed by atoms with van der Waals surface area (Å²) in [5.74, 6) is 0.630. The van der Waals surface area contributed by atoms with Gasteiger partial charge in [0.2, 0.25) is 5.91 Å². The standard InChI is InChI=1S/C25H19N3O4S2/c1-32-20-13-16(11-12-19(20)29)24-27(21(30)14-34-24)25(33)28-22(15-7-3-2-4-8-15)26-18-10-6-5-9-17(18)23(28)31/h2-13,24,29H,14H2,1H3. The van der Waals surface area contributed by atoms with Crippen LogP contribution in [0.25, 0.3) is 22.3 Å². The highest BCUT2D eigenvalue weighted by molar-refractivity contribution is 8.00. The van der Waals surface area contributed by atoms with Crippen LogP contribution in [-0.2, 0) is 4.79 Å². The van der Waals surface area contributed by atoms with Crippen molar-refractivity contribution in [3.63, 3.8) is 0 Å². The first-order chi connectivity index (χ1) is 16.5. The maximum atomic E-state index is 13.7. The second-order valence-corrected chi connectivity index (χ2v) is 9.03. The molecule has 0 radical (unpaired) electrons. The Morgan fingerprint density at radius 3 is 2.59 bits per heavy atom. The lowest BCUT2D eigenvalue weighted by Gasteiger charge is -2.27. The van der Waals surface area contributed by atoms with E-state index in [4.69, 9.17) is 21.9 Å². The molecule has 4 aromatic rings. The van der Waals surface area contributed by atoms with E-state index in [1.54, 1.807) is 30.3 Å². The number of benzene rings is 3. The zero-order valence-corrected chi connectivity index (χ0v) is 19.7. The van der Waals surface area contributed by atoms with E-state index in [1.807, 2.05) is 36.4 Å². The molecule has 1 N–H and O–H groups in total. The number of methoxy groups -OCH3 is 1. The molecule has 1 aromatic heterocycles. The lowest BCUT2D eigenvalue weighted by molar-refractivity contribution is -0.124. The smallest absolute Gasteiger partial charge is 0.268 e. The monoisotopic (exact) mass is 489 g/mol. The number of hydrogen-bond donors (Lipinski definition) is 1. The summed E-state index contributed by atoms with van der Waals surface area (Å²) in [4.78, 5) is 32.9. The summed E-state index contributed by atoms with van der Waals surface area (Å²) in [6.07, 6.45) is 0. The number of nitrogens with zero attached hydrogens (tertiary/aromatic N) is 3. The van der Waals surface area contributed by atoms with Gasteiger partial charge < -0.3 is 9.84 Å². The van der Waals surface area contributed by atoms with Gasteiger partial charge in [-0.1, -0.05) is 48.5 Å². The molecule has 1 amide bonds. The predicted molar refractivity (Wildman–Crippen MR) is 136 cm³/mol. The van der Waals surface area contributed by atoms with Gasteiger partial charge in [-0.25, -0.2) is 9.55 Å². The predicted octanol–water partition coefficient (Wildman–Crippen LogP) is 4.18. The number of aromatic hydroxyl groups is 1. The van der Waals surface area contributed by atoms with Crippen LogP contribution in [0.15, 0.2) is 77.6 Å². The minimum atomic E-state index is -0.489. The lowest BCUT2D eigenvalue weighted by Crippen LogP contribution is -2.43. The van der Waals surface area contributed by atoms with Crippen LogP contribution >= 0.6 is 24.0 Å². The van der Waals surface area contributed by atoms with Crippen LogP contribution in [-0.4, -0.2) is 43.4 Å². The average Bonchev–Trinajstić information content (AvgIpc) is 3.25. The van der Waals surface area contributed by atoms with Crippen LogP contribution in [0.2, 0.25) is 0 Å². The third-order valence-corrected chi connectivity index (χ3v) is 7.15. The maximum Gasteiger partial charge on any atom is 0.268 e. The molecule has 9 heteroatoms. The van der Waals surface area contributed by atoms with Crippen molar-refractivity contribution in [2.45, 2.75) is 5.37 Å². The Balaban J connectivity index is 1.68. The van der Waals surface area contributed by atoms with Crippen molar-refractivity contribution in [1.29, 1.82) is 0 Å². The van der Waals surface area contributed by atoms with Crippen molar-refractivity contribution in [1.82, 2.24) is 14.5 Å². The van der Waals surface area contributed by atoms with Crippen LogP contribution < -0.4 is 10.3 Å². The number of carbonyl (C=O) groups is 1. The second-order valence-electron chi connectivity index (χ2n) is 7.60. The van der Waals surface area contributed by atoms with Gasteiger partial charge in [-0.3, -0.25) is 14.5 Å². The fraction of sp³-hybridized carbons (Fsp3) is 0.120. The number of para-hydroxylation sites is 1. The summed E-state index contributed by atoms with van der Waals surface area (Å²) in [5, 5.41) is 9.96. The van der Waals surface area contributed by atoms with Gasteiger partial charge in [-0.05, 0) is 42.0 Å². The number of thioether (sulfide) groups is 1. The van der Waals surface area contributed by atoms with Crippen molar-refractivity contribution >= 4 is 45.9 Å². The Morgan fingerprint density at radius 1 is 1.09 bits per heavy atom. The van der Waals surface area contributed by atoms with Crippen LogP contribution in [0, 0.1) is 0 Å². The second kappa shape index (κ2) is 8.92. The molecule has 1 aliphatic heterocycles. The number of rotatable bonds is 3. The third kappa shape index (κ3) is 3.72. The molecule has 0 spiro atoms. The van der Waals surface area contributed by atoms with Gasteiger partial charge in [0.25, 0.3) is 5.56 Å². The van der Waals surface area contributed by atoms with Crippen LogP contribution in [0.3, 0.4) is 0 Å². The Morgan fingerprint density at radius 2 is 1.82 bits per heavy atom. The van der Waals surface area contributed by atoms with E-state index in [0.717, 1.165) is 5.56 Å². The maximum absolute atomic E-state index is 13.7. The molecule has 1 fully saturated rings. The topological polar surface area (TPSA) is 84.7 Å². The number of amides is 1. The van der Waals surface area contributed by atoms with Gasteiger partial charge in [-0.2, -0.15) is 0 Å². The zero-order valence-electron chi connectivity index (χ0n) is 18.0. The molecule has 7 nitrogen and oxygen atoms in total. The quantitative estimate of drug-likeness (QED) is 0.432. The summed E-state index contributed by atoms with van der Waals surface area (Å²) in [7, 11) is 1.46. The summed E-state index contributed by atoms with van der Waals surface area (Å²) < 4.78 is 6.57. The van der Waals surface area contributed by atoms with Gasteiger partial charge in [0.15, 0.2) is 16.6 Å². The summed E-state index contributed by atoms with van der Waals surface area (Å²) in [5.41, 5.74) is 1.62. The Bertz CT molecular complexity index is 1490. The van der Waals surface area contributed by atoms with Crippen molar-refractivity contribution < 1.29 is 14.6 Å². The number of hydrogen-bond acceptors (Lipinski definition) is 7. The number of fused-ring (bicyclic) bond motifs is 1. The van der Waals surface area contributed by atoms with Crippen molar-refractivity contribution in [3.05, 3.63) is 88.7 Å². The van der Waals surface area contributed by atoms with Crippen LogP contribution in [0.4, 0.5) is 0 Å². The molecular weight excluding hydrogens is 470 g/mol. The molecule has 1 saturated heterocycles. The molecule has 3 aromatic carbocycles. The fourth-order valence-corrected chi connectivity index (χ4v) is 5.51. The highest BCUT2D eigenvalue weighted by Crippen LogP contribution is 2.42. The fourth-order valence-electron chi connectivity index (χ4n) is 3.92. The first kappa shape index (κ1) is 22.1. The van der Waals surface area contributed by atoms with Crippen molar-refractivity contribution in [2.75, 3.05) is 12.9 Å². The van der Waals surface area contributed by atoms with E-state index in [9.17, 15) is 14.7 Å². The lowest BCUT2D eigenvalue weighted by atomic mass is 10.1. The highest BCUT2D eigenvalue weighted by Gasteiger charge is 2.38.